The second-order valence-electron chi connectivity index (χ2n) is 5.88. The molecule has 128 valence electrons. The fraction of sp³-hybridized carbons (Fsp3) is 0.600. The molecule has 0 spiro atoms. The second-order valence-corrected chi connectivity index (χ2v) is 5.88. The van der Waals surface area contributed by atoms with Crippen molar-refractivity contribution in [3.05, 3.63) is 46.6 Å². The molecule has 0 fully saturated rings. The number of allylic oxidation sites excluding steroid dienone is 8. The fourth-order valence-corrected chi connectivity index (χ4v) is 2.37. The summed E-state index contributed by atoms with van der Waals surface area (Å²) in [5.41, 5.74) is 5.65. The normalized spacial score (nSPS) is 14.8. The molecule has 0 N–H and O–H groups in total. The van der Waals surface area contributed by atoms with E-state index in [1.165, 1.54) is 60.8 Å². The molecule has 23 heavy (non-hydrogen) atoms. The smallest absolute Gasteiger partial charge is 1.00 e. The van der Waals surface area contributed by atoms with Crippen LogP contribution in [0.25, 0.3) is 0 Å². The van der Waals surface area contributed by atoms with Gasteiger partial charge < -0.3 is 34.0 Å². The van der Waals surface area contributed by atoms with Crippen molar-refractivity contribution < 1.29 is 60.2 Å². The molecule has 2 aliphatic carbocycles. The van der Waals surface area contributed by atoms with E-state index in [9.17, 15) is 0 Å². The third-order valence-electron chi connectivity index (χ3n) is 3.66. The first-order valence-electron chi connectivity index (χ1n) is 8.22. The first-order chi connectivity index (χ1) is 9.65. The quantitative estimate of drug-likeness (QED) is 0.448. The minimum atomic E-state index is 0. The van der Waals surface area contributed by atoms with Gasteiger partial charge in [0.05, 0.1) is 0 Å². The van der Waals surface area contributed by atoms with Crippen LogP contribution in [0.1, 0.15) is 79.1 Å². The van der Waals surface area contributed by atoms with Gasteiger partial charge in [0.15, 0.2) is 0 Å². The molecule has 3 heteroatoms. The van der Waals surface area contributed by atoms with Gasteiger partial charge in [0, 0.05) is 0 Å². The molecule has 0 aromatic heterocycles. The van der Waals surface area contributed by atoms with Gasteiger partial charge in [0.2, 0.25) is 0 Å². The molecule has 0 nitrogen and oxygen atoms in total. The van der Waals surface area contributed by atoms with Crippen LogP contribution in [0.2, 0.25) is 0 Å². The maximum atomic E-state index is 3.37. The summed E-state index contributed by atoms with van der Waals surface area (Å²) in [5.74, 6) is 0. The Morgan fingerprint density at radius 2 is 1.13 bits per heavy atom. The summed E-state index contributed by atoms with van der Waals surface area (Å²) in [7, 11) is 0. The van der Waals surface area contributed by atoms with E-state index in [2.05, 4.69) is 52.0 Å². The fourth-order valence-electron chi connectivity index (χ4n) is 2.37. The number of unbranched alkanes of at least 4 members (excludes halogenated alkanes) is 2. The number of rotatable bonds is 6. The van der Waals surface area contributed by atoms with Gasteiger partial charge >= 0.3 is 26.2 Å². The van der Waals surface area contributed by atoms with E-state index in [0.717, 1.165) is 12.8 Å². The predicted octanol–water partition coefficient (Wildman–Crippen LogP) is 0.518. The van der Waals surface area contributed by atoms with Crippen molar-refractivity contribution in [1.82, 2.24) is 0 Å². The molecular formula is C20H30Br2Zr. The zero-order valence-electron chi connectivity index (χ0n) is 15.1. The molecule has 0 aromatic rings. The molecule has 2 aliphatic rings. The monoisotopic (exact) mass is 518 g/mol. The maximum Gasteiger partial charge on any atom is 4.00 e. The van der Waals surface area contributed by atoms with Gasteiger partial charge in [0.1, 0.15) is 0 Å². The molecule has 0 unspecified atom stereocenters. The number of hydrogen-bond acceptors (Lipinski definition) is 0. The van der Waals surface area contributed by atoms with Crippen molar-refractivity contribution in [2.45, 2.75) is 79.1 Å². The minimum Gasteiger partial charge on any atom is -1.00 e. The molecule has 0 saturated heterocycles. The van der Waals surface area contributed by atoms with Gasteiger partial charge in [-0.05, 0) is 0 Å². The molecule has 0 radical (unpaired) electrons. The molecule has 2 rings (SSSR count). The second kappa shape index (κ2) is 17.6. The van der Waals surface area contributed by atoms with Crippen molar-refractivity contribution in [3.63, 3.8) is 0 Å². The Labute approximate surface area is 184 Å². The van der Waals surface area contributed by atoms with Gasteiger partial charge in [-0.2, -0.15) is 11.1 Å². The summed E-state index contributed by atoms with van der Waals surface area (Å²) in [6, 6.07) is 0. The van der Waals surface area contributed by atoms with Gasteiger partial charge in [-0.15, -0.1) is 0 Å². The molecule has 0 bridgehead atoms. The van der Waals surface area contributed by atoms with E-state index in [1.807, 2.05) is 0 Å². The largest absolute Gasteiger partial charge is 4.00 e. The molecular weight excluding hydrogens is 491 g/mol. The van der Waals surface area contributed by atoms with E-state index < -0.39 is 0 Å². The summed E-state index contributed by atoms with van der Waals surface area (Å²) in [6.45, 7) is 8.75. The molecule has 0 aliphatic heterocycles. The van der Waals surface area contributed by atoms with E-state index in [-0.39, 0.29) is 60.2 Å². The molecule has 0 atom stereocenters. The third kappa shape index (κ3) is 13.7. The maximum absolute atomic E-state index is 3.37. The third-order valence-corrected chi connectivity index (χ3v) is 3.66. The average Bonchev–Trinajstić information content (AvgIpc) is 3.03. The van der Waals surface area contributed by atoms with E-state index in [0.29, 0.717) is 0 Å². The van der Waals surface area contributed by atoms with Gasteiger partial charge in [-0.1, -0.05) is 79.1 Å². The standard InChI is InChI=1S/2C10H15.2BrH.Zr/c2*1-3-4-5-10-7-6-9(2)8-10;;;/h2*7H,3-6H2,1-2H3;2*1H;/q2*-1;;;+4/p-2. The van der Waals surface area contributed by atoms with Gasteiger partial charge in [-0.3, -0.25) is 0 Å². The Morgan fingerprint density at radius 1 is 0.783 bits per heavy atom. The van der Waals surface area contributed by atoms with Crippen LogP contribution in [-0.2, 0) is 26.2 Å². The number of hydrogen-bond donors (Lipinski definition) is 0. The van der Waals surface area contributed by atoms with Gasteiger partial charge in [-0.25, -0.2) is 35.5 Å². The minimum absolute atomic E-state index is 0. The van der Waals surface area contributed by atoms with Crippen LogP contribution in [0.15, 0.2) is 34.4 Å². The van der Waals surface area contributed by atoms with Crippen LogP contribution in [0, 0.1) is 12.2 Å². The van der Waals surface area contributed by atoms with Gasteiger partial charge in [0.25, 0.3) is 0 Å². The van der Waals surface area contributed by atoms with Crippen molar-refractivity contribution >= 4 is 0 Å². The zero-order chi connectivity index (χ0) is 14.8. The summed E-state index contributed by atoms with van der Waals surface area (Å²) in [4.78, 5) is 0. The van der Waals surface area contributed by atoms with E-state index >= 15 is 0 Å². The Balaban J connectivity index is -0.000000308. The van der Waals surface area contributed by atoms with Crippen LogP contribution in [0.5, 0.6) is 0 Å². The topological polar surface area (TPSA) is 0 Å². The Kier molecular flexibility index (Phi) is 21.9. The first-order valence-corrected chi connectivity index (χ1v) is 8.22. The Hall–Kier alpha value is 0.803. The molecule has 0 saturated carbocycles. The zero-order valence-corrected chi connectivity index (χ0v) is 20.7. The summed E-state index contributed by atoms with van der Waals surface area (Å²) in [5, 5.41) is 0. The molecule has 0 aromatic carbocycles. The molecule has 0 amide bonds. The van der Waals surface area contributed by atoms with Crippen LogP contribution < -0.4 is 34.0 Å². The predicted molar refractivity (Wildman–Crippen MR) is 89.3 cm³/mol. The van der Waals surface area contributed by atoms with Crippen molar-refractivity contribution in [2.24, 2.45) is 0 Å². The summed E-state index contributed by atoms with van der Waals surface area (Å²) >= 11 is 0. The summed E-state index contributed by atoms with van der Waals surface area (Å²) in [6.07, 6.45) is 21.3. The average molecular weight is 521 g/mol. The Bertz CT molecular complexity index is 377. The molecule has 0 heterocycles. The van der Waals surface area contributed by atoms with Crippen molar-refractivity contribution in [2.75, 3.05) is 0 Å². The SMILES string of the molecule is CCCCC1=CCC(C)=[C-]1.CCCCC1=CCC(C)=[C-]1.[Br-].[Br-].[Zr+4]. The van der Waals surface area contributed by atoms with Crippen LogP contribution in [-0.4, -0.2) is 0 Å². The Morgan fingerprint density at radius 3 is 1.35 bits per heavy atom. The summed E-state index contributed by atoms with van der Waals surface area (Å²) < 4.78 is 0. The van der Waals surface area contributed by atoms with Crippen molar-refractivity contribution in [1.29, 1.82) is 0 Å². The first kappa shape index (κ1) is 28.6. The van der Waals surface area contributed by atoms with Crippen molar-refractivity contribution in [3.8, 4) is 0 Å². The van der Waals surface area contributed by atoms with E-state index in [1.54, 1.807) is 0 Å². The van der Waals surface area contributed by atoms with Crippen LogP contribution in [0.3, 0.4) is 0 Å². The van der Waals surface area contributed by atoms with Crippen LogP contribution in [0.4, 0.5) is 0 Å². The van der Waals surface area contributed by atoms with E-state index in [4.69, 9.17) is 0 Å². The number of halogens is 2. The van der Waals surface area contributed by atoms with Crippen LogP contribution >= 0.6 is 0 Å².